The molecule has 3 aromatic rings. The van der Waals surface area contributed by atoms with E-state index in [1.165, 1.54) is 18.2 Å². The van der Waals surface area contributed by atoms with Crippen LogP contribution in [-0.4, -0.2) is 58.1 Å². The summed E-state index contributed by atoms with van der Waals surface area (Å²) < 4.78 is 61.9. The van der Waals surface area contributed by atoms with Gasteiger partial charge in [-0.25, -0.2) is 4.39 Å². The third-order valence-corrected chi connectivity index (χ3v) is 6.78. The average molecular weight is 494 g/mol. The quantitative estimate of drug-likeness (QED) is 0.453. The third kappa shape index (κ3) is 5.68. The van der Waals surface area contributed by atoms with Gasteiger partial charge in [-0.2, -0.15) is 13.2 Å². The molecule has 1 saturated heterocycles. The van der Waals surface area contributed by atoms with Crippen molar-refractivity contribution < 1.29 is 27.4 Å². The molecule has 0 aliphatic carbocycles. The Kier molecular flexibility index (Phi) is 6.96. The number of alkyl halides is 3. The highest BCUT2D eigenvalue weighted by atomic mass is 19.4. The van der Waals surface area contributed by atoms with E-state index in [0.717, 1.165) is 24.2 Å². The molecule has 0 spiro atoms. The maximum absolute atomic E-state index is 14.2. The monoisotopic (exact) mass is 493 g/mol. The number of H-pyrrole nitrogens is 1. The number of ether oxygens (including phenoxy) is 1. The summed E-state index contributed by atoms with van der Waals surface area (Å²) >= 11 is 0. The Labute approximate surface area is 202 Å². The van der Waals surface area contributed by atoms with Crippen LogP contribution >= 0.6 is 0 Å². The lowest BCUT2D eigenvalue weighted by Gasteiger charge is -2.38. The van der Waals surface area contributed by atoms with Crippen LogP contribution in [0.5, 0.6) is 0 Å². The normalized spacial score (nSPS) is 17.6. The maximum Gasteiger partial charge on any atom is 0.417 e. The molecule has 1 aromatic carbocycles. The molecule has 1 aliphatic heterocycles. The van der Waals surface area contributed by atoms with Gasteiger partial charge in [0.25, 0.3) is 0 Å². The molecule has 35 heavy (non-hydrogen) atoms. The van der Waals surface area contributed by atoms with Crippen LogP contribution in [0.15, 0.2) is 36.5 Å². The molecule has 190 valence electrons. The number of pyridine rings is 1. The molecule has 0 radical (unpaired) electrons. The number of aliphatic hydroxyl groups is 1. The van der Waals surface area contributed by atoms with Crippen LogP contribution in [0.4, 0.5) is 17.6 Å². The van der Waals surface area contributed by atoms with E-state index in [2.05, 4.69) is 14.9 Å². The molecule has 1 atom stereocenters. The van der Waals surface area contributed by atoms with Crippen LogP contribution in [0.3, 0.4) is 0 Å². The van der Waals surface area contributed by atoms with Crippen molar-refractivity contribution in [2.45, 2.75) is 57.3 Å². The van der Waals surface area contributed by atoms with Gasteiger partial charge in [0.15, 0.2) is 5.60 Å². The summed E-state index contributed by atoms with van der Waals surface area (Å²) in [5.41, 5.74) is -1.35. The van der Waals surface area contributed by atoms with Crippen molar-refractivity contribution in [2.75, 3.05) is 26.3 Å². The van der Waals surface area contributed by atoms with Crippen LogP contribution in [0.2, 0.25) is 0 Å². The number of nitrogens with zero attached hydrogens (tertiary/aromatic N) is 2. The van der Waals surface area contributed by atoms with Crippen LogP contribution in [0.1, 0.15) is 42.8 Å². The van der Waals surface area contributed by atoms with Crippen LogP contribution in [0.25, 0.3) is 10.9 Å². The van der Waals surface area contributed by atoms with Crippen molar-refractivity contribution in [1.29, 1.82) is 0 Å². The zero-order chi connectivity index (χ0) is 25.4. The van der Waals surface area contributed by atoms with Crippen molar-refractivity contribution in [1.82, 2.24) is 14.9 Å². The summed E-state index contributed by atoms with van der Waals surface area (Å²) in [4.78, 5) is 9.64. The summed E-state index contributed by atoms with van der Waals surface area (Å²) in [7, 11) is 0. The van der Waals surface area contributed by atoms with E-state index in [4.69, 9.17) is 4.74 Å². The summed E-state index contributed by atoms with van der Waals surface area (Å²) in [6, 6.07) is 7.56. The Morgan fingerprint density at radius 1 is 1.11 bits per heavy atom. The van der Waals surface area contributed by atoms with Gasteiger partial charge in [-0.05, 0) is 54.2 Å². The lowest BCUT2D eigenvalue weighted by atomic mass is 9.72. The number of aromatic nitrogens is 2. The van der Waals surface area contributed by atoms with Gasteiger partial charge in [0.05, 0.1) is 30.6 Å². The Hall–Kier alpha value is -2.49. The molecular formula is C26H31F4N3O2. The first-order valence-corrected chi connectivity index (χ1v) is 11.7. The standard InChI is InChI=1S/C26H31F4N3O2/c1-17-4-5-19(27)12-22(17)24(2,3)16-25(34,26(28,29)30)13-20-10-18-11-21(31-14-23(18)32-20)15-33-6-8-35-9-7-33/h4-5,10-12,14,32,34H,6-9,13,15-16H2,1-3H3. The van der Waals surface area contributed by atoms with Crippen molar-refractivity contribution in [2.24, 2.45) is 0 Å². The topological polar surface area (TPSA) is 61.4 Å². The fraction of sp³-hybridized carbons (Fsp3) is 0.500. The largest absolute Gasteiger partial charge is 0.417 e. The van der Waals surface area contributed by atoms with E-state index in [9.17, 15) is 22.7 Å². The molecule has 9 heteroatoms. The van der Waals surface area contributed by atoms with Crippen LogP contribution < -0.4 is 0 Å². The number of hydrogen-bond donors (Lipinski definition) is 2. The molecule has 2 N–H and O–H groups in total. The van der Waals surface area contributed by atoms with E-state index in [0.29, 0.717) is 36.4 Å². The number of rotatable bonds is 7. The zero-order valence-electron chi connectivity index (χ0n) is 20.2. The maximum atomic E-state index is 14.2. The smallest absolute Gasteiger partial charge is 0.380 e. The Morgan fingerprint density at radius 3 is 2.51 bits per heavy atom. The number of hydrogen-bond acceptors (Lipinski definition) is 4. The number of aryl methyl sites for hydroxylation is 1. The first-order valence-electron chi connectivity index (χ1n) is 11.7. The van der Waals surface area contributed by atoms with E-state index >= 15 is 0 Å². The van der Waals surface area contributed by atoms with Crippen molar-refractivity contribution in [3.63, 3.8) is 0 Å². The van der Waals surface area contributed by atoms with Gasteiger partial charge < -0.3 is 14.8 Å². The van der Waals surface area contributed by atoms with Gasteiger partial charge in [0, 0.05) is 37.1 Å². The molecule has 1 unspecified atom stereocenters. The van der Waals surface area contributed by atoms with Crippen molar-refractivity contribution >= 4 is 10.9 Å². The molecule has 5 nitrogen and oxygen atoms in total. The Morgan fingerprint density at radius 2 is 1.83 bits per heavy atom. The average Bonchev–Trinajstić information content (AvgIpc) is 3.16. The predicted molar refractivity (Wildman–Crippen MR) is 126 cm³/mol. The van der Waals surface area contributed by atoms with E-state index < -0.39 is 35.9 Å². The number of benzene rings is 1. The number of halogens is 4. The predicted octanol–water partition coefficient (Wildman–Crippen LogP) is 5.05. The van der Waals surface area contributed by atoms with E-state index in [1.54, 1.807) is 33.0 Å². The first kappa shape index (κ1) is 25.6. The number of aromatic amines is 1. The van der Waals surface area contributed by atoms with Gasteiger partial charge in [-0.3, -0.25) is 9.88 Å². The van der Waals surface area contributed by atoms with Gasteiger partial charge >= 0.3 is 6.18 Å². The van der Waals surface area contributed by atoms with Gasteiger partial charge in [0.1, 0.15) is 5.82 Å². The highest BCUT2D eigenvalue weighted by molar-refractivity contribution is 5.80. The second-order valence-corrected chi connectivity index (χ2v) is 10.2. The minimum atomic E-state index is -4.89. The SMILES string of the molecule is Cc1ccc(F)cc1C(C)(C)CC(O)(Cc1cc2cc(CN3CCOCC3)ncc2[nH]1)C(F)(F)F. The molecule has 3 heterocycles. The van der Waals surface area contributed by atoms with Crippen LogP contribution in [0, 0.1) is 12.7 Å². The van der Waals surface area contributed by atoms with Crippen molar-refractivity contribution in [3.05, 3.63) is 64.9 Å². The van der Waals surface area contributed by atoms with Gasteiger partial charge in [0.2, 0.25) is 0 Å². The summed E-state index contributed by atoms with van der Waals surface area (Å²) in [5, 5.41) is 11.7. The second kappa shape index (κ2) is 9.52. The zero-order valence-corrected chi connectivity index (χ0v) is 20.2. The molecule has 1 fully saturated rings. The Bertz CT molecular complexity index is 1190. The van der Waals surface area contributed by atoms with E-state index in [-0.39, 0.29) is 5.69 Å². The summed E-state index contributed by atoms with van der Waals surface area (Å²) in [6.45, 7) is 8.48. The highest BCUT2D eigenvalue weighted by Gasteiger charge is 2.56. The second-order valence-electron chi connectivity index (χ2n) is 10.2. The molecule has 2 aromatic heterocycles. The van der Waals surface area contributed by atoms with Gasteiger partial charge in [-0.1, -0.05) is 19.9 Å². The fourth-order valence-electron chi connectivity index (χ4n) is 5.03. The lowest BCUT2D eigenvalue weighted by molar-refractivity contribution is -0.266. The molecule has 0 bridgehead atoms. The Balaban J connectivity index is 1.59. The number of fused-ring (bicyclic) bond motifs is 1. The number of nitrogens with one attached hydrogen (secondary N) is 1. The molecule has 0 amide bonds. The molecule has 0 saturated carbocycles. The number of morpholine rings is 1. The molecular weight excluding hydrogens is 462 g/mol. The summed E-state index contributed by atoms with van der Waals surface area (Å²) in [5.74, 6) is -0.523. The lowest BCUT2D eigenvalue weighted by Crippen LogP contribution is -2.51. The minimum Gasteiger partial charge on any atom is -0.380 e. The summed E-state index contributed by atoms with van der Waals surface area (Å²) in [6.07, 6.45) is -4.55. The molecule has 1 aliphatic rings. The highest BCUT2D eigenvalue weighted by Crippen LogP contribution is 2.44. The van der Waals surface area contributed by atoms with E-state index in [1.807, 2.05) is 6.07 Å². The van der Waals surface area contributed by atoms with Crippen LogP contribution in [-0.2, 0) is 23.1 Å². The minimum absolute atomic E-state index is 0.261. The third-order valence-electron chi connectivity index (χ3n) is 6.78. The van der Waals surface area contributed by atoms with Gasteiger partial charge in [-0.15, -0.1) is 0 Å². The first-order chi connectivity index (χ1) is 16.4. The van der Waals surface area contributed by atoms with Crippen molar-refractivity contribution in [3.8, 4) is 0 Å². The fourth-order valence-corrected chi connectivity index (χ4v) is 5.03. The molecule has 4 rings (SSSR count).